The largest absolute Gasteiger partial charge is 0.495 e. The van der Waals surface area contributed by atoms with E-state index in [1.165, 1.54) is 12.7 Å². The van der Waals surface area contributed by atoms with Crippen LogP contribution in [0.1, 0.15) is 24.0 Å². The Morgan fingerprint density at radius 1 is 1.08 bits per heavy atom. The van der Waals surface area contributed by atoms with Crippen LogP contribution in [0.15, 0.2) is 41.3 Å². The smallest absolute Gasteiger partial charge is 0.244 e. The van der Waals surface area contributed by atoms with Gasteiger partial charge in [0.2, 0.25) is 10.0 Å². The number of fused-ring (bicyclic) bond motifs is 1. The van der Waals surface area contributed by atoms with Gasteiger partial charge in [0.05, 0.1) is 7.11 Å². The van der Waals surface area contributed by atoms with Crippen LogP contribution in [0.3, 0.4) is 0 Å². The highest BCUT2D eigenvalue weighted by molar-refractivity contribution is 7.89. The molecule has 0 aromatic heterocycles. The molecule has 7 heteroatoms. The highest BCUT2D eigenvalue weighted by Gasteiger charge is 2.22. The molecular formula is C19H22ClNO4S. The summed E-state index contributed by atoms with van der Waals surface area (Å²) in [4.78, 5) is 0.187. The van der Waals surface area contributed by atoms with Gasteiger partial charge in [-0.1, -0.05) is 11.6 Å². The SMILES string of the molecule is COc1cc2c(cc1S(=O)(=O)NCCOc1ccc(Cl)cc1)CCCC2. The highest BCUT2D eigenvalue weighted by Crippen LogP contribution is 2.31. The number of hydrogen-bond acceptors (Lipinski definition) is 4. The first-order valence-electron chi connectivity index (χ1n) is 8.57. The van der Waals surface area contributed by atoms with E-state index in [9.17, 15) is 8.42 Å². The second kappa shape index (κ2) is 8.29. The number of rotatable bonds is 7. The second-order valence-corrected chi connectivity index (χ2v) is 8.35. The predicted octanol–water partition coefficient (Wildman–Crippen LogP) is 3.58. The summed E-state index contributed by atoms with van der Waals surface area (Å²) < 4.78 is 38.8. The van der Waals surface area contributed by atoms with E-state index in [4.69, 9.17) is 21.1 Å². The molecule has 1 aliphatic carbocycles. The summed E-state index contributed by atoms with van der Waals surface area (Å²) in [6, 6.07) is 10.5. The Morgan fingerprint density at radius 2 is 1.73 bits per heavy atom. The van der Waals surface area contributed by atoms with Crippen molar-refractivity contribution in [3.05, 3.63) is 52.5 Å². The maximum Gasteiger partial charge on any atom is 0.244 e. The molecule has 0 heterocycles. The van der Waals surface area contributed by atoms with Gasteiger partial charge >= 0.3 is 0 Å². The zero-order valence-electron chi connectivity index (χ0n) is 14.6. The fourth-order valence-electron chi connectivity index (χ4n) is 3.06. The van der Waals surface area contributed by atoms with Crippen LogP contribution in [-0.4, -0.2) is 28.7 Å². The van der Waals surface area contributed by atoms with E-state index < -0.39 is 10.0 Å². The van der Waals surface area contributed by atoms with Crippen LogP contribution in [0.2, 0.25) is 5.02 Å². The fourth-order valence-corrected chi connectivity index (χ4v) is 4.40. The maximum absolute atomic E-state index is 12.7. The molecule has 0 radical (unpaired) electrons. The van der Waals surface area contributed by atoms with Crippen molar-refractivity contribution in [2.45, 2.75) is 30.6 Å². The van der Waals surface area contributed by atoms with E-state index >= 15 is 0 Å². The van der Waals surface area contributed by atoms with Crippen LogP contribution in [0.25, 0.3) is 0 Å². The lowest BCUT2D eigenvalue weighted by molar-refractivity contribution is 0.322. The van der Waals surface area contributed by atoms with Gasteiger partial charge in [-0.05, 0) is 73.2 Å². The number of methoxy groups -OCH3 is 1. The molecular weight excluding hydrogens is 374 g/mol. The van der Waals surface area contributed by atoms with Gasteiger partial charge in [0.1, 0.15) is 23.0 Å². The molecule has 0 amide bonds. The first-order chi connectivity index (χ1) is 12.5. The zero-order chi connectivity index (χ0) is 18.6. The van der Waals surface area contributed by atoms with Crippen molar-refractivity contribution in [2.24, 2.45) is 0 Å². The van der Waals surface area contributed by atoms with Gasteiger partial charge in [-0.25, -0.2) is 13.1 Å². The first-order valence-corrected chi connectivity index (χ1v) is 10.4. The summed E-state index contributed by atoms with van der Waals surface area (Å²) in [5, 5.41) is 0.623. The lowest BCUT2D eigenvalue weighted by Crippen LogP contribution is -2.29. The summed E-state index contributed by atoms with van der Waals surface area (Å²) in [7, 11) is -2.18. The molecule has 0 atom stereocenters. The standard InChI is InChI=1S/C19H22ClNO4S/c1-24-18-12-14-4-2-3-5-15(14)13-19(18)26(22,23)21-10-11-25-17-8-6-16(20)7-9-17/h6-9,12-13,21H,2-5,10-11H2,1H3. The topological polar surface area (TPSA) is 64.6 Å². The van der Waals surface area contributed by atoms with Gasteiger partial charge in [0, 0.05) is 11.6 Å². The monoisotopic (exact) mass is 395 g/mol. The number of nitrogens with one attached hydrogen (secondary N) is 1. The van der Waals surface area contributed by atoms with E-state index in [0.29, 0.717) is 16.5 Å². The predicted molar refractivity (Wildman–Crippen MR) is 102 cm³/mol. The molecule has 1 N–H and O–H groups in total. The Hall–Kier alpha value is -1.76. The summed E-state index contributed by atoms with van der Waals surface area (Å²) in [5.41, 5.74) is 2.27. The van der Waals surface area contributed by atoms with Gasteiger partial charge in [-0.2, -0.15) is 0 Å². The summed E-state index contributed by atoms with van der Waals surface area (Å²) >= 11 is 5.82. The normalized spacial score (nSPS) is 13.9. The van der Waals surface area contributed by atoms with Crippen LogP contribution < -0.4 is 14.2 Å². The molecule has 2 aromatic carbocycles. The van der Waals surface area contributed by atoms with Gasteiger partial charge in [0.15, 0.2) is 0 Å². The minimum absolute atomic E-state index is 0.158. The van der Waals surface area contributed by atoms with Crippen LogP contribution in [0, 0.1) is 0 Å². The van der Waals surface area contributed by atoms with E-state index in [0.717, 1.165) is 31.2 Å². The van der Waals surface area contributed by atoms with Crippen molar-refractivity contribution in [1.29, 1.82) is 0 Å². The molecule has 3 rings (SSSR count). The van der Waals surface area contributed by atoms with Gasteiger partial charge in [-0.15, -0.1) is 0 Å². The highest BCUT2D eigenvalue weighted by atomic mass is 35.5. The third-order valence-electron chi connectivity index (χ3n) is 4.39. The number of sulfonamides is 1. The molecule has 0 saturated carbocycles. The summed E-state index contributed by atoms with van der Waals surface area (Å²) in [6.45, 7) is 0.374. The second-order valence-electron chi connectivity index (χ2n) is 6.18. The summed E-state index contributed by atoms with van der Waals surface area (Å²) in [5.74, 6) is 1.02. The Labute approximate surface area is 159 Å². The van der Waals surface area contributed by atoms with E-state index in [2.05, 4.69) is 4.72 Å². The Bertz CT molecular complexity index is 866. The number of halogens is 1. The molecule has 0 aliphatic heterocycles. The fraction of sp³-hybridized carbons (Fsp3) is 0.368. The summed E-state index contributed by atoms with van der Waals surface area (Å²) in [6.07, 6.45) is 4.08. The molecule has 0 unspecified atom stereocenters. The molecule has 5 nitrogen and oxygen atoms in total. The van der Waals surface area contributed by atoms with Crippen molar-refractivity contribution >= 4 is 21.6 Å². The van der Waals surface area contributed by atoms with Crippen molar-refractivity contribution in [1.82, 2.24) is 4.72 Å². The molecule has 26 heavy (non-hydrogen) atoms. The van der Waals surface area contributed by atoms with Gasteiger partial charge < -0.3 is 9.47 Å². The van der Waals surface area contributed by atoms with Crippen LogP contribution in [0.4, 0.5) is 0 Å². The minimum Gasteiger partial charge on any atom is -0.495 e. The molecule has 1 aliphatic rings. The van der Waals surface area contributed by atoms with Gasteiger partial charge in [-0.3, -0.25) is 0 Å². The lowest BCUT2D eigenvalue weighted by Gasteiger charge is -2.19. The quantitative estimate of drug-likeness (QED) is 0.727. The molecule has 2 aromatic rings. The molecule has 0 saturated heterocycles. The Morgan fingerprint density at radius 3 is 2.38 bits per heavy atom. The maximum atomic E-state index is 12.7. The van der Waals surface area contributed by atoms with E-state index in [1.807, 2.05) is 6.07 Å². The molecule has 0 fully saturated rings. The minimum atomic E-state index is -3.67. The Kier molecular flexibility index (Phi) is 6.06. The zero-order valence-corrected chi connectivity index (χ0v) is 16.2. The molecule has 140 valence electrons. The van der Waals surface area contributed by atoms with Crippen LogP contribution in [0.5, 0.6) is 11.5 Å². The molecule has 0 bridgehead atoms. The lowest BCUT2D eigenvalue weighted by atomic mass is 9.92. The number of benzene rings is 2. The van der Waals surface area contributed by atoms with E-state index in [1.54, 1.807) is 30.3 Å². The van der Waals surface area contributed by atoms with Crippen molar-refractivity contribution < 1.29 is 17.9 Å². The molecule has 0 spiro atoms. The van der Waals surface area contributed by atoms with Crippen molar-refractivity contribution in [3.8, 4) is 11.5 Å². The Balaban J connectivity index is 1.66. The van der Waals surface area contributed by atoms with Crippen LogP contribution >= 0.6 is 11.6 Å². The van der Waals surface area contributed by atoms with E-state index in [-0.39, 0.29) is 18.0 Å². The third kappa shape index (κ3) is 4.50. The third-order valence-corrected chi connectivity index (χ3v) is 6.13. The number of ether oxygens (including phenoxy) is 2. The number of hydrogen-bond donors (Lipinski definition) is 1. The van der Waals surface area contributed by atoms with Crippen molar-refractivity contribution in [3.63, 3.8) is 0 Å². The van der Waals surface area contributed by atoms with Gasteiger partial charge in [0.25, 0.3) is 0 Å². The van der Waals surface area contributed by atoms with Crippen LogP contribution in [-0.2, 0) is 22.9 Å². The first kappa shape index (κ1) is 19.0. The average molecular weight is 396 g/mol. The van der Waals surface area contributed by atoms with Crippen molar-refractivity contribution in [2.75, 3.05) is 20.3 Å². The number of aryl methyl sites for hydroxylation is 2. The average Bonchev–Trinajstić information content (AvgIpc) is 2.65.